The van der Waals surface area contributed by atoms with Crippen LogP contribution in [0, 0.1) is 6.92 Å². The predicted octanol–water partition coefficient (Wildman–Crippen LogP) is 5.22. The van der Waals surface area contributed by atoms with Gasteiger partial charge in [-0.05, 0) is 44.5 Å². The van der Waals surface area contributed by atoms with Crippen molar-refractivity contribution in [2.24, 2.45) is 0 Å². The van der Waals surface area contributed by atoms with Crippen LogP contribution in [0.5, 0.6) is 0 Å². The molecular weight excluding hydrogens is 294 g/mol. The second kappa shape index (κ2) is 7.09. The normalized spacial score (nSPS) is 12.0. The molecule has 0 bridgehead atoms. The summed E-state index contributed by atoms with van der Waals surface area (Å²) in [6.45, 7) is 6.17. The van der Waals surface area contributed by atoms with Crippen LogP contribution in [0.25, 0.3) is 22.6 Å². The molecule has 1 aromatic carbocycles. The maximum Gasteiger partial charge on any atom is 0.153 e. The molecule has 2 heterocycles. The highest BCUT2D eigenvalue weighted by Crippen LogP contribution is 2.26. The van der Waals surface area contributed by atoms with Crippen LogP contribution in [0.3, 0.4) is 0 Å². The lowest BCUT2D eigenvalue weighted by atomic mass is 10.1. The zero-order chi connectivity index (χ0) is 16.9. The van der Waals surface area contributed by atoms with E-state index >= 15 is 0 Å². The van der Waals surface area contributed by atoms with Crippen molar-refractivity contribution in [2.75, 3.05) is 0 Å². The highest BCUT2D eigenvalue weighted by molar-refractivity contribution is 5.70. The Hall–Kier alpha value is -2.94. The van der Waals surface area contributed by atoms with Gasteiger partial charge in [-0.15, -0.1) is 0 Å². The monoisotopic (exact) mass is 315 g/mol. The lowest BCUT2D eigenvalue weighted by molar-refractivity contribution is 0.848. The minimum atomic E-state index is 0.818. The Morgan fingerprint density at radius 1 is 1.08 bits per heavy atom. The Balaban J connectivity index is 2.15. The van der Waals surface area contributed by atoms with Crippen LogP contribution in [0.1, 0.15) is 25.1 Å². The molecule has 0 aliphatic rings. The second-order valence-corrected chi connectivity index (χ2v) is 5.76. The minimum Gasteiger partial charge on any atom is -0.237 e. The third-order valence-electron chi connectivity index (χ3n) is 3.87. The van der Waals surface area contributed by atoms with Crippen molar-refractivity contribution >= 4 is 5.57 Å². The number of aryl methyl sites for hydroxylation is 1. The van der Waals surface area contributed by atoms with Crippen molar-refractivity contribution < 1.29 is 0 Å². The molecule has 0 radical (unpaired) electrons. The topological polar surface area (TPSA) is 30.7 Å². The number of rotatable bonds is 4. The molecule has 120 valence electrons. The summed E-state index contributed by atoms with van der Waals surface area (Å²) in [5, 5.41) is 4.78. The highest BCUT2D eigenvalue weighted by Gasteiger charge is 2.13. The van der Waals surface area contributed by atoms with Gasteiger partial charge in [0.2, 0.25) is 0 Å². The average Bonchev–Trinajstić information content (AvgIpc) is 3.06. The van der Waals surface area contributed by atoms with E-state index in [1.54, 1.807) is 6.20 Å². The molecule has 3 aromatic rings. The first-order chi connectivity index (χ1) is 11.7. The first-order valence-electron chi connectivity index (χ1n) is 8.07. The van der Waals surface area contributed by atoms with E-state index in [9.17, 15) is 0 Å². The molecule has 0 amide bonds. The van der Waals surface area contributed by atoms with Crippen molar-refractivity contribution in [2.45, 2.75) is 20.8 Å². The molecule has 0 saturated carbocycles. The van der Waals surface area contributed by atoms with Crippen LogP contribution in [-0.4, -0.2) is 14.8 Å². The molecule has 0 aliphatic carbocycles. The third-order valence-corrected chi connectivity index (χ3v) is 3.87. The first-order valence-corrected chi connectivity index (χ1v) is 8.07. The summed E-state index contributed by atoms with van der Waals surface area (Å²) in [5.74, 6) is 0.818. The third kappa shape index (κ3) is 3.35. The summed E-state index contributed by atoms with van der Waals surface area (Å²) >= 11 is 0. The summed E-state index contributed by atoms with van der Waals surface area (Å²) in [7, 11) is 0. The van der Waals surface area contributed by atoms with E-state index in [0.717, 1.165) is 28.3 Å². The highest BCUT2D eigenvalue weighted by atomic mass is 15.3. The lowest BCUT2D eigenvalue weighted by Crippen LogP contribution is -2.01. The molecule has 24 heavy (non-hydrogen) atoms. The molecule has 0 unspecified atom stereocenters. The number of allylic oxidation sites excluding steroid dienone is 4. The molecule has 0 N–H and O–H groups in total. The fourth-order valence-electron chi connectivity index (χ4n) is 2.48. The molecular formula is C21H21N3. The van der Waals surface area contributed by atoms with Crippen molar-refractivity contribution in [1.29, 1.82) is 0 Å². The Bertz CT molecular complexity index is 869. The quantitative estimate of drug-likeness (QED) is 0.618. The summed E-state index contributed by atoms with van der Waals surface area (Å²) in [5.41, 5.74) is 5.48. The van der Waals surface area contributed by atoms with E-state index in [4.69, 9.17) is 5.10 Å². The van der Waals surface area contributed by atoms with Crippen LogP contribution in [0.4, 0.5) is 0 Å². The summed E-state index contributed by atoms with van der Waals surface area (Å²) < 4.78 is 1.91. The van der Waals surface area contributed by atoms with Gasteiger partial charge in [-0.25, -0.2) is 9.67 Å². The van der Waals surface area contributed by atoms with Crippen LogP contribution in [0.2, 0.25) is 0 Å². The van der Waals surface area contributed by atoms with Gasteiger partial charge < -0.3 is 0 Å². The molecule has 0 spiro atoms. The van der Waals surface area contributed by atoms with Crippen LogP contribution in [-0.2, 0) is 0 Å². The largest absolute Gasteiger partial charge is 0.237 e. The van der Waals surface area contributed by atoms with E-state index in [0.29, 0.717) is 0 Å². The fourth-order valence-corrected chi connectivity index (χ4v) is 2.48. The van der Waals surface area contributed by atoms with Gasteiger partial charge in [-0.3, -0.25) is 0 Å². The molecule has 0 saturated heterocycles. The summed E-state index contributed by atoms with van der Waals surface area (Å²) in [4.78, 5) is 4.45. The van der Waals surface area contributed by atoms with E-state index in [-0.39, 0.29) is 0 Å². The van der Waals surface area contributed by atoms with Gasteiger partial charge in [0.15, 0.2) is 5.82 Å². The van der Waals surface area contributed by atoms with Gasteiger partial charge in [0.05, 0.1) is 11.4 Å². The number of aromatic nitrogens is 3. The van der Waals surface area contributed by atoms with Crippen molar-refractivity contribution in [3.05, 3.63) is 84.2 Å². The van der Waals surface area contributed by atoms with Crippen LogP contribution in [0.15, 0.2) is 73.0 Å². The van der Waals surface area contributed by atoms with Crippen molar-refractivity contribution in [1.82, 2.24) is 14.8 Å². The predicted molar refractivity (Wildman–Crippen MR) is 100.0 cm³/mol. The Morgan fingerprint density at radius 2 is 1.88 bits per heavy atom. The smallest absolute Gasteiger partial charge is 0.153 e. The molecule has 3 rings (SSSR count). The first kappa shape index (κ1) is 15.9. The van der Waals surface area contributed by atoms with Gasteiger partial charge in [-0.2, -0.15) is 5.10 Å². The number of pyridine rings is 1. The lowest BCUT2D eigenvalue weighted by Gasteiger charge is -2.06. The van der Waals surface area contributed by atoms with Gasteiger partial charge in [0.25, 0.3) is 0 Å². The SMILES string of the molecule is C/C=C\C=C(/C)c1cc(-c2ccc(C)cc2)n(-c2ccccn2)n1. The Labute approximate surface area is 143 Å². The standard InChI is InChI=1S/C21H21N3/c1-4-5-8-17(3)19-15-20(18-12-10-16(2)11-13-18)24(23-19)21-9-6-7-14-22-21/h4-15H,1-3H3/b5-4-,17-8+. The Morgan fingerprint density at radius 3 is 2.54 bits per heavy atom. The average molecular weight is 315 g/mol. The summed E-state index contributed by atoms with van der Waals surface area (Å²) in [6.07, 6.45) is 7.91. The molecule has 0 aliphatic heterocycles. The van der Waals surface area contributed by atoms with Crippen LogP contribution >= 0.6 is 0 Å². The number of hydrogen-bond acceptors (Lipinski definition) is 2. The number of hydrogen-bond donors (Lipinski definition) is 0. The molecule has 0 atom stereocenters. The Kier molecular flexibility index (Phi) is 4.71. The van der Waals surface area contributed by atoms with E-state index in [2.05, 4.69) is 55.2 Å². The molecule has 0 fully saturated rings. The minimum absolute atomic E-state index is 0.818. The van der Waals surface area contributed by atoms with Gasteiger partial charge in [0.1, 0.15) is 0 Å². The molecule has 2 aromatic heterocycles. The van der Waals surface area contributed by atoms with Gasteiger partial charge >= 0.3 is 0 Å². The maximum absolute atomic E-state index is 4.78. The molecule has 3 heteroatoms. The van der Waals surface area contributed by atoms with Crippen LogP contribution < -0.4 is 0 Å². The van der Waals surface area contributed by atoms with Gasteiger partial charge in [-0.1, -0.05) is 54.1 Å². The van der Waals surface area contributed by atoms with Crippen molar-refractivity contribution in [3.8, 4) is 17.1 Å². The maximum atomic E-state index is 4.78. The van der Waals surface area contributed by atoms with Gasteiger partial charge in [0, 0.05) is 11.8 Å². The zero-order valence-corrected chi connectivity index (χ0v) is 14.3. The van der Waals surface area contributed by atoms with E-state index < -0.39 is 0 Å². The summed E-state index contributed by atoms with van der Waals surface area (Å²) in [6, 6.07) is 16.5. The van der Waals surface area contributed by atoms with Crippen molar-refractivity contribution in [3.63, 3.8) is 0 Å². The fraction of sp³-hybridized carbons (Fsp3) is 0.143. The number of nitrogens with zero attached hydrogens (tertiary/aromatic N) is 3. The molecule has 3 nitrogen and oxygen atoms in total. The van der Waals surface area contributed by atoms with E-state index in [1.807, 2.05) is 42.0 Å². The zero-order valence-electron chi connectivity index (χ0n) is 14.3. The second-order valence-electron chi connectivity index (χ2n) is 5.76. The number of benzene rings is 1. The van der Waals surface area contributed by atoms with E-state index in [1.165, 1.54) is 5.56 Å².